The van der Waals surface area contributed by atoms with Crippen LogP contribution in [0.1, 0.15) is 51.8 Å². The summed E-state index contributed by atoms with van der Waals surface area (Å²) >= 11 is 3.48. The molecule has 1 aromatic rings. The Morgan fingerprint density at radius 1 is 1.37 bits per heavy atom. The lowest BCUT2D eigenvalue weighted by molar-refractivity contribution is 0.276. The largest absolute Gasteiger partial charge is 0.330 e. The standard InChI is InChI=1S/C14H25N3S2/c1-3-5-10-6-7-11(9-15)12(8-10)18-14-16-13(4-2)17-19-14/h10-12H,3-9,15H2,1-2H3. The molecule has 0 spiro atoms. The van der Waals surface area contributed by atoms with E-state index in [1.807, 2.05) is 11.8 Å². The molecule has 1 aliphatic carbocycles. The molecular formula is C14H25N3S2. The van der Waals surface area contributed by atoms with E-state index >= 15 is 0 Å². The molecule has 1 fully saturated rings. The Labute approximate surface area is 124 Å². The van der Waals surface area contributed by atoms with Crippen LogP contribution in [0.25, 0.3) is 0 Å². The summed E-state index contributed by atoms with van der Waals surface area (Å²) in [7, 11) is 0. The fourth-order valence-electron chi connectivity index (χ4n) is 2.92. The van der Waals surface area contributed by atoms with Crippen LogP contribution >= 0.6 is 23.3 Å². The molecule has 3 unspecified atom stereocenters. The summed E-state index contributed by atoms with van der Waals surface area (Å²) in [5.41, 5.74) is 5.95. The zero-order valence-corrected chi connectivity index (χ0v) is 13.6. The van der Waals surface area contributed by atoms with E-state index in [4.69, 9.17) is 5.73 Å². The summed E-state index contributed by atoms with van der Waals surface area (Å²) in [6.45, 7) is 5.21. The van der Waals surface area contributed by atoms with Crippen molar-refractivity contribution >= 4 is 23.3 Å². The van der Waals surface area contributed by atoms with Crippen LogP contribution < -0.4 is 5.73 Å². The van der Waals surface area contributed by atoms with Crippen molar-refractivity contribution in [2.45, 2.75) is 62.0 Å². The normalized spacial score (nSPS) is 27.6. The summed E-state index contributed by atoms with van der Waals surface area (Å²) in [6.07, 6.45) is 7.56. The highest BCUT2D eigenvalue weighted by atomic mass is 32.2. The summed E-state index contributed by atoms with van der Waals surface area (Å²) in [5, 5.41) is 0.646. The second kappa shape index (κ2) is 7.60. The van der Waals surface area contributed by atoms with Crippen LogP contribution in [-0.4, -0.2) is 21.2 Å². The van der Waals surface area contributed by atoms with Crippen LogP contribution in [0.5, 0.6) is 0 Å². The third kappa shape index (κ3) is 4.17. The van der Waals surface area contributed by atoms with Crippen LogP contribution in [0.2, 0.25) is 0 Å². The lowest BCUT2D eigenvalue weighted by Gasteiger charge is -2.34. The van der Waals surface area contributed by atoms with E-state index in [1.54, 1.807) is 11.5 Å². The minimum atomic E-state index is 0.646. The topological polar surface area (TPSA) is 51.8 Å². The summed E-state index contributed by atoms with van der Waals surface area (Å²) < 4.78 is 5.52. The molecule has 1 aromatic heterocycles. The van der Waals surface area contributed by atoms with Gasteiger partial charge in [-0.3, -0.25) is 0 Å². The third-order valence-corrected chi connectivity index (χ3v) is 6.29. The number of hydrogen-bond acceptors (Lipinski definition) is 5. The van der Waals surface area contributed by atoms with Gasteiger partial charge in [0.15, 0.2) is 4.34 Å². The molecule has 0 saturated heterocycles. The van der Waals surface area contributed by atoms with E-state index in [1.165, 1.54) is 32.1 Å². The molecule has 1 heterocycles. The smallest absolute Gasteiger partial charge is 0.170 e. The monoisotopic (exact) mass is 299 g/mol. The lowest BCUT2D eigenvalue weighted by atomic mass is 9.80. The van der Waals surface area contributed by atoms with E-state index in [0.29, 0.717) is 11.2 Å². The summed E-state index contributed by atoms with van der Waals surface area (Å²) in [4.78, 5) is 4.59. The molecule has 0 amide bonds. The van der Waals surface area contributed by atoms with Crippen molar-refractivity contribution in [3.05, 3.63) is 5.82 Å². The van der Waals surface area contributed by atoms with Crippen molar-refractivity contribution in [2.75, 3.05) is 6.54 Å². The molecule has 108 valence electrons. The van der Waals surface area contributed by atoms with Crippen molar-refractivity contribution in [3.8, 4) is 0 Å². The quantitative estimate of drug-likeness (QED) is 0.869. The molecule has 0 bridgehead atoms. The molecule has 2 rings (SSSR count). The summed E-state index contributed by atoms with van der Waals surface area (Å²) in [6, 6.07) is 0. The Morgan fingerprint density at radius 2 is 2.21 bits per heavy atom. The molecule has 3 atom stereocenters. The first kappa shape index (κ1) is 15.3. The Bertz CT molecular complexity index is 381. The first-order valence-corrected chi connectivity index (χ1v) is 9.11. The highest BCUT2D eigenvalue weighted by molar-refractivity contribution is 8.01. The maximum atomic E-state index is 5.95. The van der Waals surface area contributed by atoms with Gasteiger partial charge in [0.05, 0.1) is 0 Å². The van der Waals surface area contributed by atoms with Crippen LogP contribution in [0.4, 0.5) is 0 Å². The van der Waals surface area contributed by atoms with Gasteiger partial charge in [-0.2, -0.15) is 4.37 Å². The molecule has 0 radical (unpaired) electrons. The number of aryl methyl sites for hydroxylation is 1. The van der Waals surface area contributed by atoms with E-state index in [-0.39, 0.29) is 0 Å². The van der Waals surface area contributed by atoms with Crippen molar-refractivity contribution < 1.29 is 0 Å². The van der Waals surface area contributed by atoms with Crippen molar-refractivity contribution in [1.82, 2.24) is 9.36 Å². The predicted octanol–water partition coefficient (Wildman–Crippen LogP) is 3.74. The van der Waals surface area contributed by atoms with Crippen molar-refractivity contribution in [3.63, 3.8) is 0 Å². The van der Waals surface area contributed by atoms with Crippen molar-refractivity contribution in [1.29, 1.82) is 0 Å². The van der Waals surface area contributed by atoms with Crippen molar-refractivity contribution in [2.24, 2.45) is 17.6 Å². The minimum absolute atomic E-state index is 0.646. The van der Waals surface area contributed by atoms with Crippen LogP contribution in [0.15, 0.2) is 4.34 Å². The maximum absolute atomic E-state index is 5.95. The van der Waals surface area contributed by atoms with Crippen LogP contribution in [-0.2, 0) is 6.42 Å². The molecule has 1 aliphatic rings. The van der Waals surface area contributed by atoms with Gasteiger partial charge in [0.25, 0.3) is 0 Å². The summed E-state index contributed by atoms with van der Waals surface area (Å²) in [5.74, 6) is 2.54. The number of thioether (sulfide) groups is 1. The number of nitrogens with zero attached hydrogens (tertiary/aromatic N) is 2. The van der Waals surface area contributed by atoms with Gasteiger partial charge < -0.3 is 5.73 Å². The molecule has 2 N–H and O–H groups in total. The van der Waals surface area contributed by atoms with E-state index < -0.39 is 0 Å². The van der Waals surface area contributed by atoms with E-state index in [0.717, 1.165) is 29.0 Å². The van der Waals surface area contributed by atoms with Gasteiger partial charge in [0.2, 0.25) is 0 Å². The average Bonchev–Trinajstić information content (AvgIpc) is 2.87. The highest BCUT2D eigenvalue weighted by Gasteiger charge is 2.30. The Kier molecular flexibility index (Phi) is 6.10. The lowest BCUT2D eigenvalue weighted by Crippen LogP contribution is -2.32. The maximum Gasteiger partial charge on any atom is 0.170 e. The zero-order valence-electron chi connectivity index (χ0n) is 12.0. The van der Waals surface area contributed by atoms with Gasteiger partial charge in [-0.25, -0.2) is 4.98 Å². The Hall–Kier alpha value is -0.130. The number of nitrogens with two attached hydrogens (primary N) is 1. The molecule has 1 saturated carbocycles. The van der Waals surface area contributed by atoms with E-state index in [9.17, 15) is 0 Å². The Balaban J connectivity index is 1.97. The van der Waals surface area contributed by atoms with Gasteiger partial charge >= 0.3 is 0 Å². The van der Waals surface area contributed by atoms with Gasteiger partial charge in [-0.05, 0) is 42.8 Å². The fraction of sp³-hybridized carbons (Fsp3) is 0.857. The molecular weight excluding hydrogens is 274 g/mol. The average molecular weight is 300 g/mol. The first-order valence-electron chi connectivity index (χ1n) is 7.46. The molecule has 3 nitrogen and oxygen atoms in total. The minimum Gasteiger partial charge on any atom is -0.330 e. The fourth-order valence-corrected chi connectivity index (χ4v) is 5.30. The predicted molar refractivity (Wildman–Crippen MR) is 83.7 cm³/mol. The van der Waals surface area contributed by atoms with Gasteiger partial charge in [0.1, 0.15) is 5.82 Å². The highest BCUT2D eigenvalue weighted by Crippen LogP contribution is 2.41. The number of hydrogen-bond donors (Lipinski definition) is 1. The zero-order chi connectivity index (χ0) is 13.7. The molecule has 0 aliphatic heterocycles. The third-order valence-electron chi connectivity index (χ3n) is 4.05. The van der Waals surface area contributed by atoms with E-state index in [2.05, 4.69) is 23.2 Å². The van der Waals surface area contributed by atoms with Gasteiger partial charge in [-0.1, -0.05) is 44.9 Å². The number of rotatable bonds is 6. The molecule has 0 aromatic carbocycles. The van der Waals surface area contributed by atoms with Crippen LogP contribution in [0, 0.1) is 11.8 Å². The van der Waals surface area contributed by atoms with Gasteiger partial charge in [-0.15, -0.1) is 0 Å². The Morgan fingerprint density at radius 3 is 2.84 bits per heavy atom. The second-order valence-electron chi connectivity index (χ2n) is 5.45. The second-order valence-corrected chi connectivity index (χ2v) is 7.69. The molecule has 5 heteroatoms. The SMILES string of the molecule is CCCC1CCC(CN)C(Sc2nc(CC)ns2)C1. The molecule has 19 heavy (non-hydrogen) atoms. The van der Waals surface area contributed by atoms with Crippen LogP contribution in [0.3, 0.4) is 0 Å². The number of aromatic nitrogens is 2. The van der Waals surface area contributed by atoms with Gasteiger partial charge in [0, 0.05) is 11.7 Å². The first-order chi connectivity index (χ1) is 9.26.